The van der Waals surface area contributed by atoms with Gasteiger partial charge in [-0.15, -0.1) is 11.8 Å². The van der Waals surface area contributed by atoms with E-state index >= 15 is 0 Å². The fraction of sp³-hybridized carbons (Fsp3) is 0.167. The van der Waals surface area contributed by atoms with Crippen LogP contribution >= 0.6 is 11.8 Å². The number of nitrogens with zero attached hydrogens (tertiary/aromatic N) is 1. The monoisotopic (exact) mass is 449 g/mol. The first-order chi connectivity index (χ1) is 15.2. The second-order valence-corrected chi connectivity index (χ2v) is 8.76. The molecule has 0 fully saturated rings. The van der Waals surface area contributed by atoms with Crippen molar-refractivity contribution in [3.05, 3.63) is 93.5 Å². The lowest BCUT2D eigenvalue weighted by molar-refractivity contribution is -0.384. The van der Waals surface area contributed by atoms with Crippen LogP contribution in [0.5, 0.6) is 0 Å². The molecule has 1 unspecified atom stereocenters. The number of benzene rings is 3. The molecule has 1 atom stereocenters. The van der Waals surface area contributed by atoms with E-state index in [1.165, 1.54) is 36.0 Å². The number of anilines is 2. The normalized spacial score (nSPS) is 11.5. The Bertz CT molecular complexity index is 1140. The molecule has 3 rings (SSSR count). The Kier molecular flexibility index (Phi) is 7.27. The standard InChI is InChI=1S/C24H23N3O4S/c1-15-4-5-16(2)22(14-15)26-23(28)17(3)32-21-12-8-19(9-13-21)25-24(29)18-6-10-20(11-7-18)27(30)31/h4-14,17H,1-3H3,(H,25,29)(H,26,28). The molecule has 2 N–H and O–H groups in total. The quantitative estimate of drug-likeness (QED) is 0.278. The van der Waals surface area contributed by atoms with Crippen LogP contribution in [0.25, 0.3) is 0 Å². The number of thioether (sulfide) groups is 1. The molecule has 7 nitrogen and oxygen atoms in total. The number of carbonyl (C=O) groups is 2. The van der Waals surface area contributed by atoms with E-state index in [0.29, 0.717) is 11.3 Å². The molecule has 3 aromatic carbocycles. The first-order valence-electron chi connectivity index (χ1n) is 9.93. The molecule has 0 radical (unpaired) electrons. The van der Waals surface area contributed by atoms with Gasteiger partial charge in [0, 0.05) is 34.0 Å². The molecule has 0 bridgehead atoms. The van der Waals surface area contributed by atoms with Gasteiger partial charge in [0.15, 0.2) is 0 Å². The third-order valence-electron chi connectivity index (χ3n) is 4.79. The van der Waals surface area contributed by atoms with Gasteiger partial charge in [0.2, 0.25) is 5.91 Å². The highest BCUT2D eigenvalue weighted by Crippen LogP contribution is 2.26. The van der Waals surface area contributed by atoms with E-state index in [-0.39, 0.29) is 22.8 Å². The largest absolute Gasteiger partial charge is 0.325 e. The average molecular weight is 450 g/mol. The lowest BCUT2D eigenvalue weighted by Crippen LogP contribution is -2.22. The van der Waals surface area contributed by atoms with Crippen LogP contribution in [0.4, 0.5) is 17.1 Å². The number of nitrogens with one attached hydrogen (secondary N) is 2. The average Bonchev–Trinajstić information content (AvgIpc) is 2.77. The Labute approximate surface area is 190 Å². The van der Waals surface area contributed by atoms with Gasteiger partial charge >= 0.3 is 0 Å². The van der Waals surface area contributed by atoms with Crippen LogP contribution in [0, 0.1) is 24.0 Å². The van der Waals surface area contributed by atoms with E-state index < -0.39 is 4.92 Å². The minimum Gasteiger partial charge on any atom is -0.325 e. The number of nitro benzene ring substituents is 1. The number of nitro groups is 1. The number of aryl methyl sites for hydroxylation is 2. The highest BCUT2D eigenvalue weighted by atomic mass is 32.2. The van der Waals surface area contributed by atoms with Crippen molar-refractivity contribution in [1.29, 1.82) is 0 Å². The molecule has 0 aliphatic rings. The van der Waals surface area contributed by atoms with Crippen LogP contribution in [-0.2, 0) is 4.79 Å². The Morgan fingerprint density at radius 1 is 0.938 bits per heavy atom. The van der Waals surface area contributed by atoms with Gasteiger partial charge in [-0.05, 0) is 74.4 Å². The molecule has 0 aliphatic carbocycles. The number of hydrogen-bond acceptors (Lipinski definition) is 5. The predicted octanol–water partition coefficient (Wildman–Crippen LogP) is 5.58. The van der Waals surface area contributed by atoms with Gasteiger partial charge in [-0.25, -0.2) is 0 Å². The maximum absolute atomic E-state index is 12.6. The number of carbonyl (C=O) groups excluding carboxylic acids is 2. The Morgan fingerprint density at radius 3 is 2.22 bits per heavy atom. The molecule has 0 spiro atoms. The van der Waals surface area contributed by atoms with Crippen molar-refractivity contribution in [2.24, 2.45) is 0 Å². The summed E-state index contributed by atoms with van der Waals surface area (Å²) >= 11 is 1.42. The predicted molar refractivity (Wildman–Crippen MR) is 127 cm³/mol. The topological polar surface area (TPSA) is 101 Å². The van der Waals surface area contributed by atoms with E-state index in [0.717, 1.165) is 21.7 Å². The summed E-state index contributed by atoms with van der Waals surface area (Å²) in [7, 11) is 0. The molecule has 0 saturated heterocycles. The van der Waals surface area contributed by atoms with Gasteiger partial charge in [0.1, 0.15) is 0 Å². The summed E-state index contributed by atoms with van der Waals surface area (Å²) in [5.74, 6) is -0.444. The molecular formula is C24H23N3O4S. The third kappa shape index (κ3) is 5.95. The van der Waals surface area contributed by atoms with Crippen LogP contribution in [-0.4, -0.2) is 22.0 Å². The van der Waals surface area contributed by atoms with Gasteiger partial charge < -0.3 is 10.6 Å². The van der Waals surface area contributed by atoms with E-state index in [9.17, 15) is 19.7 Å². The molecule has 8 heteroatoms. The van der Waals surface area contributed by atoms with E-state index in [1.54, 1.807) is 12.1 Å². The number of non-ortho nitro benzene ring substituents is 1. The van der Waals surface area contributed by atoms with Crippen molar-refractivity contribution in [1.82, 2.24) is 0 Å². The van der Waals surface area contributed by atoms with Crippen molar-refractivity contribution < 1.29 is 14.5 Å². The maximum atomic E-state index is 12.6. The van der Waals surface area contributed by atoms with Crippen molar-refractivity contribution >= 4 is 40.6 Å². The summed E-state index contributed by atoms with van der Waals surface area (Å²) < 4.78 is 0. The van der Waals surface area contributed by atoms with E-state index in [4.69, 9.17) is 0 Å². The molecule has 32 heavy (non-hydrogen) atoms. The highest BCUT2D eigenvalue weighted by molar-refractivity contribution is 8.00. The summed E-state index contributed by atoms with van der Waals surface area (Å²) in [5, 5.41) is 16.1. The summed E-state index contributed by atoms with van der Waals surface area (Å²) in [6.45, 7) is 5.78. The lowest BCUT2D eigenvalue weighted by Gasteiger charge is -2.14. The highest BCUT2D eigenvalue weighted by Gasteiger charge is 2.16. The Hall–Kier alpha value is -3.65. The van der Waals surface area contributed by atoms with Crippen molar-refractivity contribution in [2.45, 2.75) is 30.9 Å². The fourth-order valence-corrected chi connectivity index (χ4v) is 3.78. The molecule has 2 amide bonds. The Balaban J connectivity index is 1.57. The second-order valence-electron chi connectivity index (χ2n) is 7.35. The van der Waals surface area contributed by atoms with Crippen LogP contribution in [0.3, 0.4) is 0 Å². The first kappa shape index (κ1) is 23.0. The van der Waals surface area contributed by atoms with Crippen LogP contribution in [0.1, 0.15) is 28.4 Å². The zero-order chi connectivity index (χ0) is 23.3. The van der Waals surface area contributed by atoms with Crippen LogP contribution in [0.15, 0.2) is 71.6 Å². The van der Waals surface area contributed by atoms with Crippen molar-refractivity contribution in [3.63, 3.8) is 0 Å². The van der Waals surface area contributed by atoms with E-state index in [2.05, 4.69) is 10.6 Å². The molecule has 0 aromatic heterocycles. The lowest BCUT2D eigenvalue weighted by atomic mass is 10.1. The third-order valence-corrected chi connectivity index (χ3v) is 5.90. The molecule has 0 saturated carbocycles. The van der Waals surface area contributed by atoms with E-state index in [1.807, 2.05) is 51.1 Å². The number of rotatable bonds is 7. The minimum absolute atomic E-state index is 0.0707. The zero-order valence-electron chi connectivity index (χ0n) is 17.9. The molecule has 0 aliphatic heterocycles. The number of hydrogen-bond donors (Lipinski definition) is 2. The summed E-state index contributed by atoms with van der Waals surface area (Å²) in [4.78, 5) is 36.0. The maximum Gasteiger partial charge on any atom is 0.269 e. The molecule has 164 valence electrons. The minimum atomic E-state index is -0.513. The summed E-state index contributed by atoms with van der Waals surface area (Å²) in [6, 6.07) is 18.5. The fourth-order valence-electron chi connectivity index (χ4n) is 2.92. The summed E-state index contributed by atoms with van der Waals surface area (Å²) in [5.41, 5.74) is 3.74. The molecular weight excluding hydrogens is 426 g/mol. The smallest absolute Gasteiger partial charge is 0.269 e. The van der Waals surface area contributed by atoms with Gasteiger partial charge in [0.25, 0.3) is 11.6 Å². The molecule has 3 aromatic rings. The van der Waals surface area contributed by atoms with Gasteiger partial charge in [-0.2, -0.15) is 0 Å². The van der Waals surface area contributed by atoms with Gasteiger partial charge in [-0.1, -0.05) is 12.1 Å². The second kappa shape index (κ2) is 10.1. The number of amides is 2. The SMILES string of the molecule is Cc1ccc(C)c(NC(=O)C(C)Sc2ccc(NC(=O)c3ccc([N+](=O)[O-])cc3)cc2)c1. The van der Waals surface area contributed by atoms with Gasteiger partial charge in [-0.3, -0.25) is 19.7 Å². The molecule has 0 heterocycles. The first-order valence-corrected chi connectivity index (χ1v) is 10.8. The van der Waals surface area contributed by atoms with Crippen LogP contribution < -0.4 is 10.6 Å². The van der Waals surface area contributed by atoms with Gasteiger partial charge in [0.05, 0.1) is 10.2 Å². The van der Waals surface area contributed by atoms with Crippen molar-refractivity contribution in [3.8, 4) is 0 Å². The zero-order valence-corrected chi connectivity index (χ0v) is 18.7. The Morgan fingerprint density at radius 2 is 1.59 bits per heavy atom. The summed E-state index contributed by atoms with van der Waals surface area (Å²) in [6.07, 6.45) is 0. The van der Waals surface area contributed by atoms with Crippen molar-refractivity contribution in [2.75, 3.05) is 10.6 Å². The van der Waals surface area contributed by atoms with Crippen LogP contribution in [0.2, 0.25) is 0 Å².